The highest BCUT2D eigenvalue weighted by Crippen LogP contribution is 2.34. The molecule has 160 valence electrons. The molecular weight excluding hydrogens is 410 g/mol. The topological polar surface area (TPSA) is 144 Å². The van der Waals surface area contributed by atoms with Gasteiger partial charge in [0.15, 0.2) is 17.5 Å². The number of rotatable bonds is 4. The number of nitrogen functional groups attached to an aromatic ring is 2. The van der Waals surface area contributed by atoms with Gasteiger partial charge in [0, 0.05) is 17.7 Å². The van der Waals surface area contributed by atoms with Gasteiger partial charge in [-0.2, -0.15) is 5.01 Å². The average Bonchev–Trinajstić information content (AvgIpc) is 3.09. The number of fused-ring (bicyclic) bond motifs is 1. The van der Waals surface area contributed by atoms with Gasteiger partial charge in [-0.15, -0.1) is 0 Å². The predicted molar refractivity (Wildman–Crippen MR) is 110 cm³/mol. The number of dihydropyridines is 1. The van der Waals surface area contributed by atoms with E-state index in [0.29, 0.717) is 16.8 Å². The van der Waals surface area contributed by atoms with E-state index in [-0.39, 0.29) is 35.5 Å². The zero-order valence-electron chi connectivity index (χ0n) is 16.3. The van der Waals surface area contributed by atoms with Gasteiger partial charge in [-0.3, -0.25) is 10.3 Å². The predicted octanol–water partition coefficient (Wildman–Crippen LogP) is 1.95. The van der Waals surface area contributed by atoms with E-state index in [4.69, 9.17) is 11.5 Å². The number of ether oxygens (including phenoxy) is 1. The number of aliphatic imine (C=N–C) groups is 1. The molecule has 0 saturated carbocycles. The average molecular weight is 428 g/mol. The summed E-state index contributed by atoms with van der Waals surface area (Å²) >= 11 is 0. The molecule has 2 aromatic rings. The number of hydrazine groups is 1. The first-order valence-corrected chi connectivity index (χ1v) is 9.07. The lowest BCUT2D eigenvalue weighted by molar-refractivity contribution is 0.187. The highest BCUT2D eigenvalue weighted by atomic mass is 19.1. The van der Waals surface area contributed by atoms with Crippen LogP contribution in [-0.2, 0) is 11.3 Å². The van der Waals surface area contributed by atoms with Gasteiger partial charge in [0.05, 0.1) is 13.3 Å². The summed E-state index contributed by atoms with van der Waals surface area (Å²) < 4.78 is 32.6. The van der Waals surface area contributed by atoms with Crippen LogP contribution < -0.4 is 22.2 Å². The lowest BCUT2D eigenvalue weighted by Gasteiger charge is -2.24. The van der Waals surface area contributed by atoms with Gasteiger partial charge in [-0.25, -0.2) is 23.5 Å². The van der Waals surface area contributed by atoms with Gasteiger partial charge >= 0.3 is 6.09 Å². The van der Waals surface area contributed by atoms with Crippen LogP contribution in [0, 0.1) is 5.82 Å². The van der Waals surface area contributed by atoms with Crippen molar-refractivity contribution in [3.05, 3.63) is 58.9 Å². The summed E-state index contributed by atoms with van der Waals surface area (Å²) in [5.41, 5.74) is 16.0. The molecule has 1 atom stereocenters. The van der Waals surface area contributed by atoms with Crippen molar-refractivity contribution in [2.45, 2.75) is 12.7 Å². The normalized spacial score (nSPS) is 17.8. The Morgan fingerprint density at radius 2 is 1.97 bits per heavy atom. The van der Waals surface area contributed by atoms with Crippen molar-refractivity contribution in [2.24, 2.45) is 4.99 Å². The molecule has 0 radical (unpaired) electrons. The number of nitrogens with zero attached hydrogens (tertiary/aromatic N) is 4. The van der Waals surface area contributed by atoms with E-state index in [1.807, 2.05) is 0 Å². The van der Waals surface area contributed by atoms with Crippen LogP contribution in [0.3, 0.4) is 0 Å². The van der Waals surface area contributed by atoms with E-state index in [2.05, 4.69) is 30.4 Å². The summed E-state index contributed by atoms with van der Waals surface area (Å²) in [6, 6.07) is 6.29. The Balaban J connectivity index is 1.70. The van der Waals surface area contributed by atoms with Crippen molar-refractivity contribution in [3.8, 4) is 0 Å². The zero-order chi connectivity index (χ0) is 22.1. The van der Waals surface area contributed by atoms with Gasteiger partial charge in [-0.05, 0) is 12.1 Å². The molecule has 0 bridgehead atoms. The van der Waals surface area contributed by atoms with Crippen molar-refractivity contribution in [2.75, 3.05) is 23.9 Å². The van der Waals surface area contributed by atoms with E-state index >= 15 is 0 Å². The summed E-state index contributed by atoms with van der Waals surface area (Å²) in [6.07, 6.45) is 0.921. The molecule has 1 amide bonds. The van der Waals surface area contributed by atoms with Gasteiger partial charge in [-0.1, -0.05) is 18.2 Å². The molecule has 0 aliphatic carbocycles. The van der Waals surface area contributed by atoms with Crippen molar-refractivity contribution in [1.82, 2.24) is 20.4 Å². The summed E-state index contributed by atoms with van der Waals surface area (Å²) in [7, 11) is 1.18. The number of carbonyl (C=O) groups is 1. The SMILES string of the molecule is COC(=O)Nc1c(N)nc(C2=C3C=C(F)C=NC3N(Cc3ccccc3F)N2)nc1N. The van der Waals surface area contributed by atoms with Crippen LogP contribution in [-0.4, -0.2) is 40.6 Å². The van der Waals surface area contributed by atoms with Crippen LogP contribution >= 0.6 is 0 Å². The van der Waals surface area contributed by atoms with Gasteiger partial charge < -0.3 is 21.6 Å². The number of hydrogen-bond acceptors (Lipinski definition) is 9. The number of aromatic nitrogens is 2. The summed E-state index contributed by atoms with van der Waals surface area (Å²) in [5.74, 6) is -1.12. The highest BCUT2D eigenvalue weighted by molar-refractivity contribution is 5.92. The molecule has 12 heteroatoms. The number of benzene rings is 1. The fourth-order valence-corrected chi connectivity index (χ4v) is 3.21. The van der Waals surface area contributed by atoms with Crippen LogP contribution in [0.2, 0.25) is 0 Å². The number of hydrogen-bond donors (Lipinski definition) is 4. The van der Waals surface area contributed by atoms with E-state index < -0.39 is 18.1 Å². The van der Waals surface area contributed by atoms with Crippen molar-refractivity contribution in [3.63, 3.8) is 0 Å². The van der Waals surface area contributed by atoms with Crippen LogP contribution in [0.15, 0.2) is 46.7 Å². The Morgan fingerprint density at radius 3 is 2.65 bits per heavy atom. The Labute approximate surface area is 175 Å². The number of nitrogens with two attached hydrogens (primary N) is 2. The van der Waals surface area contributed by atoms with Gasteiger partial charge in [0.25, 0.3) is 0 Å². The van der Waals surface area contributed by atoms with E-state index in [1.165, 1.54) is 19.3 Å². The minimum Gasteiger partial charge on any atom is -0.453 e. The van der Waals surface area contributed by atoms with E-state index in [0.717, 1.165) is 6.21 Å². The van der Waals surface area contributed by atoms with Gasteiger partial charge in [0.2, 0.25) is 0 Å². The number of anilines is 3. The molecule has 2 aliphatic rings. The molecule has 2 aliphatic heterocycles. The zero-order valence-corrected chi connectivity index (χ0v) is 16.3. The van der Waals surface area contributed by atoms with Crippen molar-refractivity contribution < 1.29 is 18.3 Å². The monoisotopic (exact) mass is 428 g/mol. The minimum absolute atomic E-state index is 0.0117. The van der Waals surface area contributed by atoms with E-state index in [9.17, 15) is 13.6 Å². The number of nitrogens with one attached hydrogen (secondary N) is 2. The second-order valence-electron chi connectivity index (χ2n) is 6.65. The molecule has 3 heterocycles. The van der Waals surface area contributed by atoms with Crippen LogP contribution in [0.1, 0.15) is 11.4 Å². The van der Waals surface area contributed by atoms with E-state index in [1.54, 1.807) is 23.2 Å². The van der Waals surface area contributed by atoms with Crippen LogP contribution in [0.4, 0.5) is 30.9 Å². The maximum absolute atomic E-state index is 14.2. The smallest absolute Gasteiger partial charge is 0.411 e. The third-order valence-electron chi connectivity index (χ3n) is 4.65. The minimum atomic E-state index is -0.793. The standard InChI is InChI=1S/C19H18F2N8O2/c1-31-19(30)25-14-15(22)26-17(27-16(14)23)13-11-6-10(20)7-24-18(11)29(28-13)8-9-4-2-3-5-12(9)21/h2-7,18,28H,8H2,1H3,(H,25,30)(H4,22,23,26,27). The maximum Gasteiger partial charge on any atom is 0.411 e. The molecule has 31 heavy (non-hydrogen) atoms. The second kappa shape index (κ2) is 7.99. The Hall–Kier alpha value is -4.06. The quantitative estimate of drug-likeness (QED) is 0.579. The number of allylic oxidation sites excluding steroid dienone is 1. The molecule has 6 N–H and O–H groups in total. The Kier molecular flexibility index (Phi) is 5.21. The van der Waals surface area contributed by atoms with Crippen molar-refractivity contribution >= 4 is 35.3 Å². The molecule has 0 fully saturated rings. The lowest BCUT2D eigenvalue weighted by atomic mass is 10.1. The molecule has 4 rings (SSSR count). The number of methoxy groups -OCH3 is 1. The second-order valence-corrected chi connectivity index (χ2v) is 6.65. The third kappa shape index (κ3) is 3.88. The first-order chi connectivity index (χ1) is 14.9. The first kappa shape index (κ1) is 20.2. The number of amides is 1. The molecule has 1 aromatic heterocycles. The summed E-state index contributed by atoms with van der Waals surface area (Å²) in [5, 5.41) is 3.95. The third-order valence-corrected chi connectivity index (χ3v) is 4.65. The first-order valence-electron chi connectivity index (χ1n) is 9.07. The van der Waals surface area contributed by atoms with Gasteiger partial charge in [0.1, 0.15) is 29.2 Å². The number of halogens is 2. The fraction of sp³-hybridized carbons (Fsp3) is 0.158. The number of carbonyl (C=O) groups excluding carboxylic acids is 1. The molecular formula is C19H18F2N8O2. The fourth-order valence-electron chi connectivity index (χ4n) is 3.21. The molecule has 0 spiro atoms. The van der Waals surface area contributed by atoms with Crippen LogP contribution in [0.5, 0.6) is 0 Å². The molecule has 10 nitrogen and oxygen atoms in total. The molecule has 1 unspecified atom stereocenters. The summed E-state index contributed by atoms with van der Waals surface area (Å²) in [6.45, 7) is 0.129. The summed E-state index contributed by atoms with van der Waals surface area (Å²) in [4.78, 5) is 24.0. The largest absolute Gasteiger partial charge is 0.453 e. The Bertz CT molecular complexity index is 1120. The van der Waals surface area contributed by atoms with Crippen molar-refractivity contribution in [1.29, 1.82) is 0 Å². The Morgan fingerprint density at radius 1 is 1.26 bits per heavy atom. The lowest BCUT2D eigenvalue weighted by Crippen LogP contribution is -2.38. The molecule has 0 saturated heterocycles. The van der Waals surface area contributed by atoms with Crippen LogP contribution in [0.25, 0.3) is 5.70 Å². The highest BCUT2D eigenvalue weighted by Gasteiger charge is 2.35. The maximum atomic E-state index is 14.2. The molecule has 1 aromatic carbocycles.